The lowest BCUT2D eigenvalue weighted by Gasteiger charge is -2.07. The number of rotatable bonds is 7. The molecule has 0 radical (unpaired) electrons. The van der Waals surface area contributed by atoms with E-state index in [9.17, 15) is 14.9 Å². The zero-order valence-electron chi connectivity index (χ0n) is 16.3. The molecule has 0 saturated carbocycles. The first-order valence-electron chi connectivity index (χ1n) is 9.47. The van der Waals surface area contributed by atoms with Crippen LogP contribution in [0.1, 0.15) is 10.5 Å². The maximum Gasteiger partial charge on any atom is 0.311 e. The predicted octanol–water partition coefficient (Wildman–Crippen LogP) is 4.75. The number of nitro groups is 1. The highest BCUT2D eigenvalue weighted by Crippen LogP contribution is 2.26. The summed E-state index contributed by atoms with van der Waals surface area (Å²) in [4.78, 5) is 23.0. The summed E-state index contributed by atoms with van der Waals surface area (Å²) in [5.74, 6) is -0.232. The third-order valence-corrected chi connectivity index (χ3v) is 4.54. The van der Waals surface area contributed by atoms with Gasteiger partial charge in [-0.05, 0) is 35.4 Å². The molecular weight excluding hydrogens is 396 g/mol. The smallest absolute Gasteiger partial charge is 0.311 e. The lowest BCUT2D eigenvalue weighted by Crippen LogP contribution is -2.14. The van der Waals surface area contributed by atoms with Crippen LogP contribution < -0.4 is 10.1 Å². The first-order valence-corrected chi connectivity index (χ1v) is 9.47. The molecule has 1 heterocycles. The van der Waals surface area contributed by atoms with Gasteiger partial charge < -0.3 is 10.1 Å². The highest BCUT2D eigenvalue weighted by atomic mass is 16.6. The van der Waals surface area contributed by atoms with E-state index in [0.29, 0.717) is 5.69 Å². The van der Waals surface area contributed by atoms with E-state index in [1.54, 1.807) is 24.4 Å². The van der Waals surface area contributed by atoms with Crippen LogP contribution in [0.3, 0.4) is 0 Å². The van der Waals surface area contributed by atoms with Crippen molar-refractivity contribution in [3.63, 3.8) is 0 Å². The van der Waals surface area contributed by atoms with E-state index in [0.717, 1.165) is 11.1 Å². The highest BCUT2D eigenvalue weighted by Gasteiger charge is 2.15. The molecule has 1 N–H and O–H groups in total. The molecule has 0 spiro atoms. The molecule has 0 aliphatic heterocycles. The maximum absolute atomic E-state index is 12.5. The molecule has 0 saturated heterocycles. The maximum atomic E-state index is 12.5. The molecule has 8 heteroatoms. The molecule has 4 aromatic rings. The fraction of sp³-hybridized carbons (Fsp3) is 0.0435. The molecule has 0 aliphatic carbocycles. The van der Waals surface area contributed by atoms with E-state index in [4.69, 9.17) is 4.74 Å². The van der Waals surface area contributed by atoms with Crippen molar-refractivity contribution in [3.05, 3.63) is 107 Å². The average Bonchev–Trinajstić information content (AvgIpc) is 3.28. The number of amides is 1. The van der Waals surface area contributed by atoms with Crippen LogP contribution in [0.5, 0.6) is 5.75 Å². The lowest BCUT2D eigenvalue weighted by molar-refractivity contribution is -0.386. The van der Waals surface area contributed by atoms with Gasteiger partial charge in [-0.25, -0.2) is 4.68 Å². The quantitative estimate of drug-likeness (QED) is 0.348. The van der Waals surface area contributed by atoms with E-state index >= 15 is 0 Å². The van der Waals surface area contributed by atoms with Gasteiger partial charge in [0, 0.05) is 18.0 Å². The number of anilines is 1. The molecule has 1 aromatic heterocycles. The van der Waals surface area contributed by atoms with Gasteiger partial charge in [-0.3, -0.25) is 14.9 Å². The number of hydrogen-bond acceptors (Lipinski definition) is 5. The van der Waals surface area contributed by atoms with Crippen LogP contribution in [0.15, 0.2) is 91.1 Å². The summed E-state index contributed by atoms with van der Waals surface area (Å²) in [6, 6.07) is 25.1. The zero-order chi connectivity index (χ0) is 21.6. The lowest BCUT2D eigenvalue weighted by atomic mass is 10.1. The number of nitrogens with one attached hydrogen (secondary N) is 1. The van der Waals surface area contributed by atoms with E-state index in [-0.39, 0.29) is 29.8 Å². The topological polar surface area (TPSA) is 99.3 Å². The van der Waals surface area contributed by atoms with Gasteiger partial charge in [0.25, 0.3) is 5.91 Å². The first kappa shape index (κ1) is 19.8. The van der Waals surface area contributed by atoms with Crippen molar-refractivity contribution in [2.24, 2.45) is 0 Å². The van der Waals surface area contributed by atoms with Crippen molar-refractivity contribution in [2.45, 2.75) is 6.73 Å². The van der Waals surface area contributed by atoms with Crippen LogP contribution in [0.2, 0.25) is 0 Å². The summed E-state index contributed by atoms with van der Waals surface area (Å²) in [6.45, 7) is -0.0656. The number of aromatic nitrogens is 2. The first-order chi connectivity index (χ1) is 15.1. The molecule has 4 rings (SSSR count). The average molecular weight is 414 g/mol. The second-order valence-corrected chi connectivity index (χ2v) is 6.64. The van der Waals surface area contributed by atoms with Crippen LogP contribution >= 0.6 is 0 Å². The number of hydrogen-bond donors (Lipinski definition) is 1. The van der Waals surface area contributed by atoms with Crippen molar-refractivity contribution in [1.82, 2.24) is 9.78 Å². The van der Waals surface area contributed by atoms with Crippen LogP contribution in [-0.4, -0.2) is 20.6 Å². The number of carbonyl (C=O) groups is 1. The Kier molecular flexibility index (Phi) is 5.70. The number of benzene rings is 3. The summed E-state index contributed by atoms with van der Waals surface area (Å²) >= 11 is 0. The molecule has 0 fully saturated rings. The Labute approximate surface area is 177 Å². The number of nitrogens with zero attached hydrogens (tertiary/aromatic N) is 3. The minimum Gasteiger partial charge on any atom is -0.464 e. The second kappa shape index (κ2) is 8.91. The van der Waals surface area contributed by atoms with E-state index in [1.807, 2.05) is 54.6 Å². The van der Waals surface area contributed by atoms with Crippen LogP contribution in [0, 0.1) is 10.1 Å². The summed E-state index contributed by atoms with van der Waals surface area (Å²) in [5, 5.41) is 18.0. The van der Waals surface area contributed by atoms with Crippen LogP contribution in [0.25, 0.3) is 11.1 Å². The molecular formula is C23H18N4O4. The van der Waals surface area contributed by atoms with Gasteiger partial charge in [0.05, 0.1) is 4.92 Å². The molecule has 8 nitrogen and oxygen atoms in total. The van der Waals surface area contributed by atoms with Gasteiger partial charge in [0.15, 0.2) is 18.2 Å². The summed E-state index contributed by atoms with van der Waals surface area (Å²) in [7, 11) is 0. The Morgan fingerprint density at radius 2 is 1.61 bits per heavy atom. The number of carbonyl (C=O) groups excluding carboxylic acids is 1. The molecule has 31 heavy (non-hydrogen) atoms. The molecule has 3 aromatic carbocycles. The number of ether oxygens (including phenoxy) is 1. The van der Waals surface area contributed by atoms with Gasteiger partial charge in [-0.1, -0.05) is 54.6 Å². The monoisotopic (exact) mass is 414 g/mol. The fourth-order valence-corrected chi connectivity index (χ4v) is 2.99. The Hall–Kier alpha value is -4.46. The highest BCUT2D eigenvalue weighted by molar-refractivity contribution is 6.02. The van der Waals surface area contributed by atoms with E-state index in [1.165, 1.54) is 16.8 Å². The summed E-state index contributed by atoms with van der Waals surface area (Å²) in [6.07, 6.45) is 1.57. The Morgan fingerprint density at radius 1 is 0.935 bits per heavy atom. The van der Waals surface area contributed by atoms with Crippen LogP contribution in [0.4, 0.5) is 11.4 Å². The van der Waals surface area contributed by atoms with E-state index < -0.39 is 4.92 Å². The SMILES string of the molecule is O=C(Nc1ccc(-c2ccccc2)cc1)c1ccn(COc2ccccc2[N+](=O)[O-])n1. The number of para-hydroxylation sites is 2. The van der Waals surface area contributed by atoms with Gasteiger partial charge in [-0.2, -0.15) is 5.10 Å². The van der Waals surface area contributed by atoms with Gasteiger partial charge >= 0.3 is 5.69 Å². The zero-order valence-corrected chi connectivity index (χ0v) is 16.3. The van der Waals surface area contributed by atoms with Crippen LogP contribution in [-0.2, 0) is 6.73 Å². The predicted molar refractivity (Wildman–Crippen MR) is 116 cm³/mol. The normalized spacial score (nSPS) is 10.5. The van der Waals surface area contributed by atoms with Crippen molar-refractivity contribution < 1.29 is 14.5 Å². The van der Waals surface area contributed by atoms with Crippen molar-refractivity contribution in [3.8, 4) is 16.9 Å². The molecule has 0 bridgehead atoms. The molecule has 154 valence electrons. The molecule has 0 atom stereocenters. The minimum atomic E-state index is -0.514. The third kappa shape index (κ3) is 4.76. The molecule has 0 unspecified atom stereocenters. The Morgan fingerprint density at radius 3 is 2.35 bits per heavy atom. The summed E-state index contributed by atoms with van der Waals surface area (Å²) in [5.41, 5.74) is 2.87. The fourth-order valence-electron chi connectivity index (χ4n) is 2.99. The van der Waals surface area contributed by atoms with Crippen molar-refractivity contribution in [2.75, 3.05) is 5.32 Å². The van der Waals surface area contributed by atoms with E-state index in [2.05, 4.69) is 10.4 Å². The standard InChI is InChI=1S/C23H18N4O4/c28-23(24-19-12-10-18(11-13-19)17-6-2-1-3-7-17)20-14-15-26(25-20)16-31-22-9-5-4-8-21(22)27(29)30/h1-15H,16H2,(H,24,28). The van der Waals surface area contributed by atoms with Gasteiger partial charge in [-0.15, -0.1) is 0 Å². The van der Waals surface area contributed by atoms with Crippen molar-refractivity contribution in [1.29, 1.82) is 0 Å². The van der Waals surface area contributed by atoms with Gasteiger partial charge in [0.2, 0.25) is 0 Å². The molecule has 0 aliphatic rings. The number of nitro benzene ring substituents is 1. The summed E-state index contributed by atoms with van der Waals surface area (Å²) < 4.78 is 6.87. The Bertz CT molecular complexity index is 1200. The largest absolute Gasteiger partial charge is 0.464 e. The van der Waals surface area contributed by atoms with Crippen molar-refractivity contribution >= 4 is 17.3 Å². The molecule has 1 amide bonds. The van der Waals surface area contributed by atoms with Gasteiger partial charge in [0.1, 0.15) is 0 Å². The Balaban J connectivity index is 1.38. The minimum absolute atomic E-state index is 0.0656. The third-order valence-electron chi connectivity index (χ3n) is 4.54. The second-order valence-electron chi connectivity index (χ2n) is 6.64.